The zero-order valence-corrected chi connectivity index (χ0v) is 11.4. The Balaban J connectivity index is 2.01. The molecule has 0 unspecified atom stereocenters. The molecule has 0 fully saturated rings. The van der Waals surface area contributed by atoms with Gasteiger partial charge in [0.1, 0.15) is 0 Å². The van der Waals surface area contributed by atoms with E-state index in [0.717, 1.165) is 22.5 Å². The standard InChI is InChI=1S/C14H13FN2OS/c1-9-3-4-11(7-10(9)2)14(18)17-16-8-12-5-6-13(15)19-12/h3-8H,1-2H3,(H,17,18)/b16-8-. The van der Waals surface area contributed by atoms with E-state index in [1.54, 1.807) is 12.1 Å². The summed E-state index contributed by atoms with van der Waals surface area (Å²) in [7, 11) is 0. The predicted octanol–water partition coefficient (Wildman–Crippen LogP) is 3.27. The van der Waals surface area contributed by atoms with Gasteiger partial charge in [-0.2, -0.15) is 9.49 Å². The van der Waals surface area contributed by atoms with Gasteiger partial charge < -0.3 is 0 Å². The van der Waals surface area contributed by atoms with E-state index in [-0.39, 0.29) is 11.0 Å². The monoisotopic (exact) mass is 276 g/mol. The molecule has 2 aromatic rings. The molecule has 98 valence electrons. The maximum atomic E-state index is 12.7. The molecule has 1 N–H and O–H groups in total. The van der Waals surface area contributed by atoms with Gasteiger partial charge in [-0.3, -0.25) is 4.79 Å². The largest absolute Gasteiger partial charge is 0.271 e. The van der Waals surface area contributed by atoms with Gasteiger partial charge in [0.25, 0.3) is 5.91 Å². The first-order valence-electron chi connectivity index (χ1n) is 5.72. The van der Waals surface area contributed by atoms with E-state index < -0.39 is 0 Å². The number of halogens is 1. The van der Waals surface area contributed by atoms with Crippen LogP contribution in [0.1, 0.15) is 26.4 Å². The number of nitrogens with zero attached hydrogens (tertiary/aromatic N) is 1. The SMILES string of the molecule is Cc1ccc(C(=O)N/N=C\c2ccc(F)s2)cc1C. The van der Waals surface area contributed by atoms with E-state index in [1.807, 2.05) is 26.0 Å². The molecule has 19 heavy (non-hydrogen) atoms. The van der Waals surface area contributed by atoms with Gasteiger partial charge in [0.15, 0.2) is 5.13 Å². The van der Waals surface area contributed by atoms with Gasteiger partial charge in [-0.15, -0.1) is 11.3 Å². The summed E-state index contributed by atoms with van der Waals surface area (Å²) in [5.41, 5.74) is 5.16. The number of hydrogen-bond donors (Lipinski definition) is 1. The fraction of sp³-hybridized carbons (Fsp3) is 0.143. The summed E-state index contributed by atoms with van der Waals surface area (Å²) < 4.78 is 12.7. The van der Waals surface area contributed by atoms with Crippen LogP contribution in [0.4, 0.5) is 4.39 Å². The lowest BCUT2D eigenvalue weighted by Crippen LogP contribution is -2.17. The van der Waals surface area contributed by atoms with Gasteiger partial charge >= 0.3 is 0 Å². The fourth-order valence-corrected chi connectivity index (χ4v) is 2.10. The van der Waals surface area contributed by atoms with Crippen molar-refractivity contribution in [3.63, 3.8) is 0 Å². The zero-order valence-electron chi connectivity index (χ0n) is 10.6. The van der Waals surface area contributed by atoms with Crippen molar-refractivity contribution in [2.45, 2.75) is 13.8 Å². The molecule has 1 aromatic heterocycles. The number of rotatable bonds is 3. The molecule has 0 bridgehead atoms. The number of carbonyl (C=O) groups excluding carboxylic acids is 1. The third-order valence-electron chi connectivity index (χ3n) is 2.72. The van der Waals surface area contributed by atoms with Crippen LogP contribution in [0.2, 0.25) is 0 Å². The summed E-state index contributed by atoms with van der Waals surface area (Å²) in [4.78, 5) is 12.5. The first-order chi connectivity index (χ1) is 9.06. The third kappa shape index (κ3) is 3.48. The van der Waals surface area contributed by atoms with Crippen molar-refractivity contribution in [1.82, 2.24) is 5.43 Å². The average Bonchev–Trinajstić information content (AvgIpc) is 2.78. The first-order valence-corrected chi connectivity index (χ1v) is 6.54. The van der Waals surface area contributed by atoms with Gasteiger partial charge in [0, 0.05) is 5.56 Å². The van der Waals surface area contributed by atoms with Gasteiger partial charge in [0.05, 0.1) is 11.1 Å². The number of hydrazone groups is 1. The topological polar surface area (TPSA) is 41.5 Å². The summed E-state index contributed by atoms with van der Waals surface area (Å²) >= 11 is 0.972. The second-order valence-electron chi connectivity index (χ2n) is 4.14. The lowest BCUT2D eigenvalue weighted by Gasteiger charge is -2.03. The highest BCUT2D eigenvalue weighted by molar-refractivity contribution is 7.12. The molecule has 5 heteroatoms. The molecule has 0 aliphatic heterocycles. The number of thiophene rings is 1. The van der Waals surface area contributed by atoms with Crippen molar-refractivity contribution in [3.05, 3.63) is 57.0 Å². The summed E-state index contributed by atoms with van der Waals surface area (Å²) in [5, 5.41) is 3.53. The molecule has 0 atom stereocenters. The first kappa shape index (κ1) is 13.4. The highest BCUT2D eigenvalue weighted by Gasteiger charge is 2.05. The Morgan fingerprint density at radius 2 is 2.05 bits per heavy atom. The molecule has 0 saturated carbocycles. The maximum Gasteiger partial charge on any atom is 0.271 e. The van der Waals surface area contributed by atoms with Gasteiger partial charge in [0.2, 0.25) is 0 Å². The van der Waals surface area contributed by atoms with Crippen molar-refractivity contribution in [2.75, 3.05) is 0 Å². The van der Waals surface area contributed by atoms with Gasteiger partial charge in [-0.1, -0.05) is 6.07 Å². The molecular formula is C14H13FN2OS. The molecule has 0 aliphatic rings. The Morgan fingerprint density at radius 3 is 2.68 bits per heavy atom. The molecule has 0 saturated heterocycles. The van der Waals surface area contributed by atoms with Crippen LogP contribution in [-0.4, -0.2) is 12.1 Å². The molecular weight excluding hydrogens is 263 g/mol. The number of carbonyl (C=O) groups is 1. The van der Waals surface area contributed by atoms with E-state index in [2.05, 4.69) is 10.5 Å². The van der Waals surface area contributed by atoms with E-state index >= 15 is 0 Å². The smallest absolute Gasteiger partial charge is 0.267 e. The van der Waals surface area contributed by atoms with E-state index in [1.165, 1.54) is 12.3 Å². The van der Waals surface area contributed by atoms with E-state index in [4.69, 9.17) is 0 Å². The minimum absolute atomic E-state index is 0.276. The number of nitrogens with one attached hydrogen (secondary N) is 1. The Hall–Kier alpha value is -2.01. The van der Waals surface area contributed by atoms with Crippen LogP contribution in [0.15, 0.2) is 35.4 Å². The average molecular weight is 276 g/mol. The molecule has 1 aromatic carbocycles. The summed E-state index contributed by atoms with van der Waals surface area (Å²) in [6.45, 7) is 3.93. The Morgan fingerprint density at radius 1 is 1.26 bits per heavy atom. The summed E-state index contributed by atoms with van der Waals surface area (Å²) in [6, 6.07) is 8.41. The third-order valence-corrected chi connectivity index (χ3v) is 3.53. The number of benzene rings is 1. The minimum Gasteiger partial charge on any atom is -0.267 e. The predicted molar refractivity (Wildman–Crippen MR) is 75.3 cm³/mol. The number of amides is 1. The lowest BCUT2D eigenvalue weighted by atomic mass is 10.1. The summed E-state index contributed by atoms with van der Waals surface area (Å²) in [5.74, 6) is -0.281. The van der Waals surface area contributed by atoms with Crippen LogP contribution < -0.4 is 5.43 Å². The highest BCUT2D eigenvalue weighted by atomic mass is 32.1. The van der Waals surface area contributed by atoms with Crippen LogP contribution in [0.25, 0.3) is 0 Å². The van der Waals surface area contributed by atoms with Crippen LogP contribution in [0.3, 0.4) is 0 Å². The number of hydrogen-bond acceptors (Lipinski definition) is 3. The van der Waals surface area contributed by atoms with Crippen molar-refractivity contribution in [3.8, 4) is 0 Å². The van der Waals surface area contributed by atoms with Crippen LogP contribution >= 0.6 is 11.3 Å². The maximum absolute atomic E-state index is 12.7. The summed E-state index contributed by atoms with van der Waals surface area (Å²) in [6.07, 6.45) is 1.42. The zero-order chi connectivity index (χ0) is 13.8. The van der Waals surface area contributed by atoms with Gasteiger partial charge in [-0.25, -0.2) is 5.43 Å². The molecule has 1 amide bonds. The van der Waals surface area contributed by atoms with E-state index in [0.29, 0.717) is 10.4 Å². The molecule has 0 aliphatic carbocycles. The molecule has 0 radical (unpaired) electrons. The Kier molecular flexibility index (Phi) is 4.06. The van der Waals surface area contributed by atoms with Crippen LogP contribution in [-0.2, 0) is 0 Å². The molecule has 0 spiro atoms. The number of aryl methyl sites for hydroxylation is 2. The molecule has 2 rings (SSSR count). The molecule has 1 heterocycles. The fourth-order valence-electron chi connectivity index (χ4n) is 1.50. The minimum atomic E-state index is -0.281. The van der Waals surface area contributed by atoms with Crippen molar-refractivity contribution < 1.29 is 9.18 Å². The highest BCUT2D eigenvalue weighted by Crippen LogP contribution is 2.12. The second-order valence-corrected chi connectivity index (χ2v) is 5.21. The quantitative estimate of drug-likeness (QED) is 0.678. The Labute approximate surface area is 114 Å². The van der Waals surface area contributed by atoms with Crippen LogP contribution in [0.5, 0.6) is 0 Å². The normalized spacial score (nSPS) is 10.9. The second kappa shape index (κ2) is 5.75. The van der Waals surface area contributed by atoms with Crippen molar-refractivity contribution in [2.24, 2.45) is 5.10 Å². The van der Waals surface area contributed by atoms with Gasteiger partial charge in [-0.05, 0) is 49.2 Å². The van der Waals surface area contributed by atoms with Crippen molar-refractivity contribution in [1.29, 1.82) is 0 Å². The lowest BCUT2D eigenvalue weighted by molar-refractivity contribution is 0.0955. The molecule has 3 nitrogen and oxygen atoms in total. The van der Waals surface area contributed by atoms with Crippen molar-refractivity contribution >= 4 is 23.5 Å². The van der Waals surface area contributed by atoms with E-state index in [9.17, 15) is 9.18 Å². The Bertz CT molecular complexity index is 634. The van der Waals surface area contributed by atoms with Crippen LogP contribution in [0, 0.1) is 19.0 Å².